The molecular weight excluding hydrogens is 501 g/mol. The largest absolute Gasteiger partial charge is 0.381 e. The maximum Gasteiger partial charge on any atom is 0.287 e. The van der Waals surface area contributed by atoms with Crippen LogP contribution in [0.15, 0.2) is 30.6 Å². The Bertz CT molecular complexity index is 1180. The summed E-state index contributed by atoms with van der Waals surface area (Å²) in [5, 5.41) is 4.38. The molecule has 1 N–H and O–H groups in total. The second kappa shape index (κ2) is 11.8. The second-order valence-electron chi connectivity index (χ2n) is 10.5. The van der Waals surface area contributed by atoms with Crippen molar-refractivity contribution in [2.24, 2.45) is 0 Å². The fourth-order valence-corrected chi connectivity index (χ4v) is 4.87. The maximum atomic E-state index is 14.0. The summed E-state index contributed by atoms with van der Waals surface area (Å²) in [4.78, 5) is 13.7. The van der Waals surface area contributed by atoms with Crippen LogP contribution < -0.4 is 10.2 Å². The van der Waals surface area contributed by atoms with Gasteiger partial charge in [-0.25, -0.2) is 28.1 Å². The zero-order chi connectivity index (χ0) is 26.6. The number of nitrogens with zero attached hydrogens (tertiary/aromatic N) is 5. The Hall–Kier alpha value is -2.70. The molecule has 0 bridgehead atoms. The molecule has 12 heteroatoms. The van der Waals surface area contributed by atoms with Gasteiger partial charge in [0, 0.05) is 64.8 Å². The van der Waals surface area contributed by atoms with Crippen LogP contribution in [0.25, 0.3) is 22.3 Å². The molecule has 0 aromatic carbocycles. The first-order valence-electron chi connectivity index (χ1n) is 12.5. The van der Waals surface area contributed by atoms with E-state index in [0.29, 0.717) is 18.0 Å². The number of fused-ring (bicyclic) bond motifs is 1. The zero-order valence-corrected chi connectivity index (χ0v) is 22.8. The lowest BCUT2D eigenvalue weighted by atomic mass is 10.1. The van der Waals surface area contributed by atoms with Crippen molar-refractivity contribution in [2.75, 3.05) is 37.1 Å². The number of pyridine rings is 1. The summed E-state index contributed by atoms with van der Waals surface area (Å²) in [6.07, 6.45) is -0.613. The predicted octanol–water partition coefficient (Wildman–Crippen LogP) is 5.39. The highest BCUT2D eigenvalue weighted by Gasteiger charge is 2.26. The first kappa shape index (κ1) is 27.3. The van der Waals surface area contributed by atoms with E-state index in [4.69, 9.17) is 9.47 Å². The van der Waals surface area contributed by atoms with Gasteiger partial charge in [-0.2, -0.15) is 0 Å². The minimum atomic E-state index is -3.17. The second-order valence-corrected chi connectivity index (χ2v) is 16.1. The number of rotatable bonds is 11. The summed E-state index contributed by atoms with van der Waals surface area (Å²) >= 11 is 0. The van der Waals surface area contributed by atoms with Crippen molar-refractivity contribution in [3.63, 3.8) is 0 Å². The van der Waals surface area contributed by atoms with Gasteiger partial charge in [0.25, 0.3) is 6.43 Å². The van der Waals surface area contributed by atoms with Crippen LogP contribution in [0.4, 0.5) is 24.9 Å². The average molecular weight is 537 g/mol. The first-order valence-corrected chi connectivity index (χ1v) is 16.2. The Morgan fingerprint density at radius 2 is 1.95 bits per heavy atom. The van der Waals surface area contributed by atoms with Crippen LogP contribution in [-0.2, 0) is 16.2 Å². The van der Waals surface area contributed by atoms with E-state index in [9.17, 15) is 13.2 Å². The van der Waals surface area contributed by atoms with E-state index in [2.05, 4.69) is 39.9 Å². The van der Waals surface area contributed by atoms with Gasteiger partial charge in [0.2, 0.25) is 12.2 Å². The Morgan fingerprint density at radius 1 is 1.19 bits per heavy atom. The number of aromatic nitrogens is 4. The molecule has 8 nitrogen and oxygen atoms in total. The van der Waals surface area contributed by atoms with Crippen molar-refractivity contribution < 1.29 is 22.6 Å². The number of halogens is 3. The Balaban J connectivity index is 1.67. The van der Waals surface area contributed by atoms with Crippen LogP contribution in [0.1, 0.15) is 12.8 Å². The molecule has 0 saturated carbocycles. The highest BCUT2D eigenvalue weighted by molar-refractivity contribution is 6.76. The van der Waals surface area contributed by atoms with E-state index < -0.39 is 20.8 Å². The predicted molar refractivity (Wildman–Crippen MR) is 142 cm³/mol. The lowest BCUT2D eigenvalue weighted by Gasteiger charge is -2.23. The quantitative estimate of drug-likeness (QED) is 0.200. The van der Waals surface area contributed by atoms with E-state index in [0.717, 1.165) is 53.7 Å². The molecular formula is C25H35F3N6O2Si. The minimum absolute atomic E-state index is 0.123. The van der Waals surface area contributed by atoms with Gasteiger partial charge in [0.05, 0.1) is 16.9 Å². The SMILES string of the molecule is CN(c1nccc(-c2cc3cnc(NC4CCOCC4)cc3n2COCC[Si](C)(C)C)n1)C(F)C(F)F. The van der Waals surface area contributed by atoms with Crippen LogP contribution in [0.2, 0.25) is 25.7 Å². The molecule has 1 fully saturated rings. The number of hydrogen-bond donors (Lipinski definition) is 1. The molecule has 1 saturated heterocycles. The smallest absolute Gasteiger partial charge is 0.287 e. The molecule has 0 amide bonds. The van der Waals surface area contributed by atoms with Gasteiger partial charge in [-0.05, 0) is 31.0 Å². The zero-order valence-electron chi connectivity index (χ0n) is 21.8. The molecule has 3 aromatic rings. The number of nitrogens with one attached hydrogen (secondary N) is 1. The summed E-state index contributed by atoms with van der Waals surface area (Å²) < 4.78 is 53.4. The molecule has 0 spiro atoms. The third-order valence-electron chi connectivity index (χ3n) is 6.37. The van der Waals surface area contributed by atoms with Crippen molar-refractivity contribution >= 4 is 30.7 Å². The minimum Gasteiger partial charge on any atom is -0.381 e. The van der Waals surface area contributed by atoms with Gasteiger partial charge in [-0.15, -0.1) is 0 Å². The summed E-state index contributed by atoms with van der Waals surface area (Å²) in [6, 6.07) is 6.90. The number of hydrogen-bond acceptors (Lipinski definition) is 7. The van der Waals surface area contributed by atoms with Crippen molar-refractivity contribution in [1.82, 2.24) is 19.5 Å². The van der Waals surface area contributed by atoms with E-state index >= 15 is 0 Å². The molecule has 4 rings (SSSR count). The third-order valence-corrected chi connectivity index (χ3v) is 8.08. The maximum absolute atomic E-state index is 14.0. The normalized spacial score (nSPS) is 15.9. The topological polar surface area (TPSA) is 77.3 Å². The van der Waals surface area contributed by atoms with Crippen LogP contribution in [0.3, 0.4) is 0 Å². The molecule has 4 heterocycles. The lowest BCUT2D eigenvalue weighted by Crippen LogP contribution is -2.34. The number of ether oxygens (including phenoxy) is 2. The van der Waals surface area contributed by atoms with E-state index in [-0.39, 0.29) is 18.7 Å². The number of anilines is 2. The van der Waals surface area contributed by atoms with Gasteiger partial charge in [0.15, 0.2) is 0 Å². The Morgan fingerprint density at radius 3 is 2.65 bits per heavy atom. The summed E-state index contributed by atoms with van der Waals surface area (Å²) in [5.41, 5.74) is 2.08. The van der Waals surface area contributed by atoms with Crippen molar-refractivity contribution in [3.05, 3.63) is 30.6 Å². The van der Waals surface area contributed by atoms with Gasteiger partial charge in [-0.1, -0.05) is 19.6 Å². The average Bonchev–Trinajstić information content (AvgIpc) is 3.23. The summed E-state index contributed by atoms with van der Waals surface area (Å²) in [5.74, 6) is 0.634. The van der Waals surface area contributed by atoms with E-state index in [1.807, 2.05) is 16.7 Å². The van der Waals surface area contributed by atoms with Gasteiger partial charge in [0.1, 0.15) is 12.5 Å². The van der Waals surface area contributed by atoms with Crippen LogP contribution in [0, 0.1) is 0 Å². The fraction of sp³-hybridized carbons (Fsp3) is 0.560. The van der Waals surface area contributed by atoms with Crippen LogP contribution in [-0.4, -0.2) is 73.2 Å². The summed E-state index contributed by atoms with van der Waals surface area (Å²) in [7, 11) is -0.0607. The third kappa shape index (κ3) is 6.99. The monoisotopic (exact) mass is 536 g/mol. The Labute approximate surface area is 216 Å². The van der Waals surface area contributed by atoms with Crippen LogP contribution in [0.5, 0.6) is 0 Å². The molecule has 0 aliphatic carbocycles. The standard InChI is InChI=1S/C25H35F3N6O2Si/c1-33(24(28)23(26)27)25-29-8-5-19(32-25)21-13-17-15-30-22(31-18-6-9-35-10-7-18)14-20(17)34(21)16-36-11-12-37(2,3)4/h5,8,13-15,18,23-24H,6-7,9-12,16H2,1-4H3,(H,30,31). The molecule has 202 valence electrons. The fourth-order valence-electron chi connectivity index (χ4n) is 4.11. The molecule has 3 aromatic heterocycles. The first-order chi connectivity index (χ1) is 17.6. The molecule has 1 aliphatic rings. The molecule has 37 heavy (non-hydrogen) atoms. The highest BCUT2D eigenvalue weighted by atomic mass is 28.3. The van der Waals surface area contributed by atoms with E-state index in [1.165, 1.54) is 13.2 Å². The van der Waals surface area contributed by atoms with Gasteiger partial charge in [-0.3, -0.25) is 0 Å². The van der Waals surface area contributed by atoms with Crippen molar-refractivity contribution in [2.45, 2.75) is 64.0 Å². The molecule has 0 radical (unpaired) electrons. The van der Waals surface area contributed by atoms with Crippen molar-refractivity contribution in [1.29, 1.82) is 0 Å². The Kier molecular flexibility index (Phi) is 8.70. The molecule has 1 aliphatic heterocycles. The molecule has 1 unspecified atom stereocenters. The van der Waals surface area contributed by atoms with E-state index in [1.54, 1.807) is 12.3 Å². The van der Waals surface area contributed by atoms with Gasteiger partial charge >= 0.3 is 0 Å². The van der Waals surface area contributed by atoms with Gasteiger partial charge < -0.3 is 24.3 Å². The highest BCUT2D eigenvalue weighted by Crippen LogP contribution is 2.30. The lowest BCUT2D eigenvalue weighted by molar-refractivity contribution is 0.0501. The van der Waals surface area contributed by atoms with Crippen LogP contribution >= 0.6 is 0 Å². The van der Waals surface area contributed by atoms with Crippen molar-refractivity contribution in [3.8, 4) is 11.4 Å². The summed E-state index contributed by atoms with van der Waals surface area (Å²) in [6.45, 7) is 9.24. The number of alkyl halides is 3. The molecule has 1 atom stereocenters.